The minimum Gasteiger partial charge on any atom is -0.444 e. The maximum Gasteiger partial charge on any atom is 0.410 e. The molecule has 2 atom stereocenters. The number of aliphatic hydroxyl groups is 1. The van der Waals surface area contributed by atoms with Crippen LogP contribution in [0.5, 0.6) is 0 Å². The van der Waals surface area contributed by atoms with Crippen molar-refractivity contribution in [1.29, 1.82) is 0 Å². The molecule has 2 amide bonds. The Labute approximate surface area is 131 Å². The fourth-order valence-corrected chi connectivity index (χ4v) is 2.21. The lowest BCUT2D eigenvalue weighted by molar-refractivity contribution is 0.0170. The van der Waals surface area contributed by atoms with Crippen LogP contribution in [0.1, 0.15) is 48.0 Å². The summed E-state index contributed by atoms with van der Waals surface area (Å²) < 4.78 is 10.5. The van der Waals surface area contributed by atoms with Gasteiger partial charge in [0, 0.05) is 6.54 Å². The summed E-state index contributed by atoms with van der Waals surface area (Å²) in [5.41, 5.74) is -1.18. The largest absolute Gasteiger partial charge is 0.444 e. The van der Waals surface area contributed by atoms with Gasteiger partial charge in [-0.2, -0.15) is 0 Å². The number of amides is 2. The number of alkyl carbamates (subject to hydrolysis) is 1. The van der Waals surface area contributed by atoms with Crippen molar-refractivity contribution in [3.05, 3.63) is 0 Å². The molecular formula is C15H28N2O5. The van der Waals surface area contributed by atoms with Crippen LogP contribution in [0.2, 0.25) is 0 Å². The Morgan fingerprint density at radius 1 is 1.14 bits per heavy atom. The summed E-state index contributed by atoms with van der Waals surface area (Å²) in [6.07, 6.45) is -0.546. The number of ether oxygens (including phenoxy) is 2. The molecule has 2 unspecified atom stereocenters. The number of nitrogens with one attached hydrogen (secondary N) is 1. The standard InChI is InChI=1S/C15H28N2O5/c1-14(2,3)21-12(19)16-10-7-11(9-18)17(8-10)13(20)22-15(4,5)6/h10-11,18H,7-9H2,1-6H3,(H,16,19). The second kappa shape index (κ2) is 6.73. The number of likely N-dealkylation sites (tertiary alicyclic amines) is 1. The Balaban J connectivity index is 2.61. The molecule has 0 aromatic rings. The second-order valence-corrected chi connectivity index (χ2v) is 7.55. The Bertz CT molecular complexity index is 411. The minimum absolute atomic E-state index is 0.175. The molecule has 1 saturated heterocycles. The zero-order valence-corrected chi connectivity index (χ0v) is 14.3. The van der Waals surface area contributed by atoms with Gasteiger partial charge in [0.05, 0.1) is 18.7 Å². The molecular weight excluding hydrogens is 288 g/mol. The lowest BCUT2D eigenvalue weighted by atomic mass is 10.2. The molecule has 1 aliphatic rings. The summed E-state index contributed by atoms with van der Waals surface area (Å²) in [5, 5.41) is 12.2. The first-order valence-corrected chi connectivity index (χ1v) is 7.51. The van der Waals surface area contributed by atoms with Crippen LogP contribution in [0.15, 0.2) is 0 Å². The topological polar surface area (TPSA) is 88.1 Å². The molecule has 128 valence electrons. The van der Waals surface area contributed by atoms with Crippen molar-refractivity contribution in [2.45, 2.75) is 71.2 Å². The van der Waals surface area contributed by atoms with Gasteiger partial charge in [-0.05, 0) is 48.0 Å². The van der Waals surface area contributed by atoms with E-state index in [0.717, 1.165) is 0 Å². The average Bonchev–Trinajstić information content (AvgIpc) is 2.66. The highest BCUT2D eigenvalue weighted by molar-refractivity contribution is 5.70. The predicted octanol–water partition coefficient (Wildman–Crippen LogP) is 1.88. The van der Waals surface area contributed by atoms with Crippen molar-refractivity contribution in [1.82, 2.24) is 10.2 Å². The number of carbonyl (C=O) groups excluding carboxylic acids is 2. The van der Waals surface area contributed by atoms with Gasteiger partial charge in [0.2, 0.25) is 0 Å². The molecule has 0 radical (unpaired) electrons. The third-order valence-electron chi connectivity index (χ3n) is 2.97. The molecule has 0 aromatic carbocycles. The van der Waals surface area contributed by atoms with Gasteiger partial charge in [0.25, 0.3) is 0 Å². The lowest BCUT2D eigenvalue weighted by Gasteiger charge is -2.27. The molecule has 0 saturated carbocycles. The first kappa shape index (κ1) is 18.5. The first-order valence-electron chi connectivity index (χ1n) is 7.51. The Morgan fingerprint density at radius 3 is 2.14 bits per heavy atom. The van der Waals surface area contributed by atoms with Gasteiger partial charge in [0.1, 0.15) is 11.2 Å². The SMILES string of the molecule is CC(C)(C)OC(=O)NC1CC(CO)N(C(=O)OC(C)(C)C)C1. The van der Waals surface area contributed by atoms with Crippen LogP contribution in [0.4, 0.5) is 9.59 Å². The molecule has 2 N–H and O–H groups in total. The van der Waals surface area contributed by atoms with Crippen LogP contribution in [0, 0.1) is 0 Å². The molecule has 0 aliphatic carbocycles. The van der Waals surface area contributed by atoms with Gasteiger partial charge in [0.15, 0.2) is 0 Å². The van der Waals surface area contributed by atoms with E-state index in [-0.39, 0.29) is 18.7 Å². The summed E-state index contributed by atoms with van der Waals surface area (Å²) in [6.45, 7) is 10.8. The molecule has 0 bridgehead atoms. The highest BCUT2D eigenvalue weighted by atomic mass is 16.6. The zero-order chi connectivity index (χ0) is 17.1. The monoisotopic (exact) mass is 316 g/mol. The van der Waals surface area contributed by atoms with Crippen LogP contribution in [-0.4, -0.2) is 58.6 Å². The van der Waals surface area contributed by atoms with Crippen LogP contribution >= 0.6 is 0 Å². The summed E-state index contributed by atoms with van der Waals surface area (Å²) in [7, 11) is 0. The van der Waals surface area contributed by atoms with Crippen LogP contribution < -0.4 is 5.32 Å². The van der Waals surface area contributed by atoms with Crippen molar-refractivity contribution in [3.8, 4) is 0 Å². The number of aliphatic hydroxyl groups excluding tert-OH is 1. The third-order valence-corrected chi connectivity index (χ3v) is 2.97. The van der Waals surface area contributed by atoms with E-state index in [2.05, 4.69) is 5.32 Å². The van der Waals surface area contributed by atoms with E-state index in [0.29, 0.717) is 13.0 Å². The maximum atomic E-state index is 12.1. The number of carbonyl (C=O) groups is 2. The molecule has 1 aliphatic heterocycles. The van der Waals surface area contributed by atoms with Gasteiger partial charge in [-0.25, -0.2) is 9.59 Å². The van der Waals surface area contributed by atoms with E-state index in [1.807, 2.05) is 0 Å². The Morgan fingerprint density at radius 2 is 1.68 bits per heavy atom. The van der Waals surface area contributed by atoms with Gasteiger partial charge in [-0.15, -0.1) is 0 Å². The van der Waals surface area contributed by atoms with E-state index in [4.69, 9.17) is 9.47 Å². The van der Waals surface area contributed by atoms with Crippen molar-refractivity contribution >= 4 is 12.2 Å². The minimum atomic E-state index is -0.603. The van der Waals surface area contributed by atoms with Crippen LogP contribution in [0.3, 0.4) is 0 Å². The maximum absolute atomic E-state index is 12.1. The number of rotatable bonds is 2. The van der Waals surface area contributed by atoms with E-state index in [9.17, 15) is 14.7 Å². The van der Waals surface area contributed by atoms with Crippen molar-refractivity contribution in [3.63, 3.8) is 0 Å². The predicted molar refractivity (Wildman–Crippen MR) is 81.6 cm³/mol. The number of hydrogen-bond acceptors (Lipinski definition) is 5. The highest BCUT2D eigenvalue weighted by Crippen LogP contribution is 2.21. The van der Waals surface area contributed by atoms with Crippen molar-refractivity contribution in [2.24, 2.45) is 0 Å². The smallest absolute Gasteiger partial charge is 0.410 e. The second-order valence-electron chi connectivity index (χ2n) is 7.55. The summed E-state index contributed by atoms with van der Waals surface area (Å²) in [4.78, 5) is 25.4. The van der Waals surface area contributed by atoms with Gasteiger partial charge >= 0.3 is 12.2 Å². The zero-order valence-electron chi connectivity index (χ0n) is 14.3. The molecule has 1 heterocycles. The fraction of sp³-hybridized carbons (Fsp3) is 0.867. The summed E-state index contributed by atoms with van der Waals surface area (Å²) >= 11 is 0. The summed E-state index contributed by atoms with van der Waals surface area (Å²) in [5.74, 6) is 0. The molecule has 1 rings (SSSR count). The number of hydrogen-bond donors (Lipinski definition) is 2. The van der Waals surface area contributed by atoms with E-state index in [1.54, 1.807) is 41.5 Å². The first-order chi connectivity index (χ1) is 9.91. The lowest BCUT2D eigenvalue weighted by Crippen LogP contribution is -2.43. The third kappa shape index (κ3) is 6.09. The molecule has 7 heteroatoms. The molecule has 1 fully saturated rings. The van der Waals surface area contributed by atoms with Crippen molar-refractivity contribution < 1.29 is 24.2 Å². The van der Waals surface area contributed by atoms with Crippen LogP contribution in [0.25, 0.3) is 0 Å². The molecule has 22 heavy (non-hydrogen) atoms. The van der Waals surface area contributed by atoms with E-state index in [1.165, 1.54) is 4.90 Å². The van der Waals surface area contributed by atoms with Crippen molar-refractivity contribution in [2.75, 3.05) is 13.2 Å². The number of nitrogens with zero attached hydrogens (tertiary/aromatic N) is 1. The average molecular weight is 316 g/mol. The fourth-order valence-electron chi connectivity index (χ4n) is 2.21. The Hall–Kier alpha value is -1.50. The summed E-state index contributed by atoms with van der Waals surface area (Å²) in [6, 6.07) is -0.630. The van der Waals surface area contributed by atoms with E-state index < -0.39 is 23.4 Å². The molecule has 0 spiro atoms. The highest BCUT2D eigenvalue weighted by Gasteiger charge is 2.38. The van der Waals surface area contributed by atoms with Crippen LogP contribution in [-0.2, 0) is 9.47 Å². The van der Waals surface area contributed by atoms with Gasteiger partial charge < -0.3 is 24.8 Å². The van der Waals surface area contributed by atoms with E-state index >= 15 is 0 Å². The van der Waals surface area contributed by atoms with Gasteiger partial charge in [-0.3, -0.25) is 0 Å². The van der Waals surface area contributed by atoms with Gasteiger partial charge in [-0.1, -0.05) is 0 Å². The molecule has 0 aromatic heterocycles. The molecule has 7 nitrogen and oxygen atoms in total. The Kier molecular flexibility index (Phi) is 5.67. The normalized spacial score (nSPS) is 22.4. The quantitative estimate of drug-likeness (QED) is 0.812.